The molecule has 0 radical (unpaired) electrons. The summed E-state index contributed by atoms with van der Waals surface area (Å²) in [6.07, 6.45) is 2.80. The third-order valence-electron chi connectivity index (χ3n) is 7.13. The first kappa shape index (κ1) is 21.4. The highest BCUT2D eigenvalue weighted by molar-refractivity contribution is 6.02. The quantitative estimate of drug-likeness (QED) is 0.663. The summed E-state index contributed by atoms with van der Waals surface area (Å²) in [5.74, 6) is 2.54. The Morgan fingerprint density at radius 2 is 1.91 bits per heavy atom. The van der Waals surface area contributed by atoms with Gasteiger partial charge in [-0.25, -0.2) is 9.97 Å². The Hall–Kier alpha value is -3.42. The maximum atomic E-state index is 13.3. The molecule has 5 rings (SSSR count). The Kier molecular flexibility index (Phi) is 5.31. The van der Waals surface area contributed by atoms with Crippen molar-refractivity contribution in [2.45, 2.75) is 45.4 Å². The number of ether oxygens (including phenoxy) is 1. The summed E-state index contributed by atoms with van der Waals surface area (Å²) in [7, 11) is 3.42. The zero-order valence-corrected chi connectivity index (χ0v) is 19.6. The van der Waals surface area contributed by atoms with E-state index in [0.717, 1.165) is 58.0 Å². The molecular weight excluding hydrogens is 418 g/mol. The van der Waals surface area contributed by atoms with Crippen LogP contribution >= 0.6 is 0 Å². The first-order valence-corrected chi connectivity index (χ1v) is 11.5. The van der Waals surface area contributed by atoms with Crippen molar-refractivity contribution in [2.24, 2.45) is 0 Å². The third-order valence-corrected chi connectivity index (χ3v) is 7.13. The molecule has 172 valence electrons. The Bertz CT molecular complexity index is 1260. The van der Waals surface area contributed by atoms with Crippen LogP contribution in [0.15, 0.2) is 18.2 Å². The number of nitrogens with zero attached hydrogens (tertiary/aromatic N) is 4. The van der Waals surface area contributed by atoms with Gasteiger partial charge in [0, 0.05) is 49.1 Å². The minimum absolute atomic E-state index is 0.0112. The average Bonchev–Trinajstić information content (AvgIpc) is 3.17. The number of aromatic nitrogens is 3. The molecule has 0 bridgehead atoms. The zero-order valence-electron chi connectivity index (χ0n) is 19.6. The number of hydrogen-bond acceptors (Lipinski definition) is 5. The molecule has 3 aromatic rings. The van der Waals surface area contributed by atoms with E-state index in [0.29, 0.717) is 31.6 Å². The summed E-state index contributed by atoms with van der Waals surface area (Å²) < 4.78 is 5.45. The number of aryl methyl sites for hydroxylation is 2. The van der Waals surface area contributed by atoms with Crippen LogP contribution in [0, 0.1) is 13.8 Å². The normalized spacial score (nSPS) is 16.9. The second-order valence-corrected chi connectivity index (χ2v) is 9.00. The second-order valence-electron chi connectivity index (χ2n) is 9.00. The molecule has 4 heterocycles. The number of fused-ring (bicyclic) bond motifs is 2. The Morgan fingerprint density at radius 1 is 1.15 bits per heavy atom. The number of amides is 2. The van der Waals surface area contributed by atoms with Gasteiger partial charge in [-0.3, -0.25) is 14.5 Å². The molecule has 0 aliphatic carbocycles. The number of aromatic amines is 1. The lowest BCUT2D eigenvalue weighted by Crippen LogP contribution is -2.39. The summed E-state index contributed by atoms with van der Waals surface area (Å²) in [4.78, 5) is 41.9. The predicted octanol–water partition coefficient (Wildman–Crippen LogP) is 3.51. The van der Waals surface area contributed by atoms with Gasteiger partial charge in [0.15, 0.2) is 0 Å². The van der Waals surface area contributed by atoms with Gasteiger partial charge >= 0.3 is 0 Å². The number of hydrogen-bond donors (Lipinski definition) is 1. The molecule has 1 aromatic carbocycles. The Labute approximate surface area is 193 Å². The van der Waals surface area contributed by atoms with Gasteiger partial charge < -0.3 is 14.6 Å². The van der Waals surface area contributed by atoms with Crippen molar-refractivity contribution in [1.82, 2.24) is 19.9 Å². The SMILES string of the molecule is COc1cccc2c(C)c(C(=O)N3CCC(c4nc(C)c5c(n4)N(C)C(=O)CC5)CC3)[nH]c12. The van der Waals surface area contributed by atoms with E-state index in [2.05, 4.69) is 4.98 Å². The third kappa shape index (κ3) is 3.53. The van der Waals surface area contributed by atoms with Crippen LogP contribution in [0.1, 0.15) is 58.3 Å². The number of H-pyrrole nitrogens is 1. The standard InChI is InChI=1S/C25H29N5O3/c1-14-17-6-5-7-19(33-4)22(17)27-21(14)25(32)30-12-10-16(11-13-30)23-26-15(2)18-8-9-20(31)29(3)24(18)28-23/h5-7,16,27H,8-13H2,1-4H3. The molecule has 8 heteroatoms. The van der Waals surface area contributed by atoms with Gasteiger partial charge in [-0.1, -0.05) is 12.1 Å². The number of nitrogens with one attached hydrogen (secondary N) is 1. The first-order valence-electron chi connectivity index (χ1n) is 11.5. The van der Waals surface area contributed by atoms with Crippen molar-refractivity contribution in [3.05, 3.63) is 46.5 Å². The van der Waals surface area contributed by atoms with E-state index in [9.17, 15) is 9.59 Å². The molecule has 2 amide bonds. The summed E-state index contributed by atoms with van der Waals surface area (Å²) in [6, 6.07) is 5.83. The van der Waals surface area contributed by atoms with Gasteiger partial charge in [-0.05, 0) is 44.7 Å². The number of benzene rings is 1. The number of carbonyl (C=O) groups is 2. The minimum atomic E-state index is 0.0112. The van der Waals surface area contributed by atoms with Crippen molar-refractivity contribution >= 4 is 28.5 Å². The fourth-order valence-electron chi connectivity index (χ4n) is 5.08. The summed E-state index contributed by atoms with van der Waals surface area (Å²) >= 11 is 0. The molecule has 2 aromatic heterocycles. The largest absolute Gasteiger partial charge is 0.495 e. The maximum absolute atomic E-state index is 13.3. The predicted molar refractivity (Wildman–Crippen MR) is 126 cm³/mol. The van der Waals surface area contributed by atoms with E-state index >= 15 is 0 Å². The second kappa shape index (κ2) is 8.17. The van der Waals surface area contributed by atoms with Crippen LogP contribution < -0.4 is 9.64 Å². The lowest BCUT2D eigenvalue weighted by Gasteiger charge is -2.32. The van der Waals surface area contributed by atoms with Crippen molar-refractivity contribution in [1.29, 1.82) is 0 Å². The zero-order chi connectivity index (χ0) is 23.3. The van der Waals surface area contributed by atoms with Crippen LogP contribution in [-0.2, 0) is 11.2 Å². The Balaban J connectivity index is 1.34. The number of likely N-dealkylation sites (tertiary alicyclic amines) is 1. The lowest BCUT2D eigenvalue weighted by molar-refractivity contribution is -0.118. The van der Waals surface area contributed by atoms with E-state index in [1.807, 2.05) is 36.9 Å². The molecule has 33 heavy (non-hydrogen) atoms. The van der Waals surface area contributed by atoms with E-state index < -0.39 is 0 Å². The minimum Gasteiger partial charge on any atom is -0.495 e. The van der Waals surface area contributed by atoms with E-state index in [4.69, 9.17) is 14.7 Å². The number of carbonyl (C=O) groups excluding carboxylic acids is 2. The lowest BCUT2D eigenvalue weighted by atomic mass is 9.94. The smallest absolute Gasteiger partial charge is 0.270 e. The highest BCUT2D eigenvalue weighted by Gasteiger charge is 2.31. The average molecular weight is 448 g/mol. The highest BCUT2D eigenvalue weighted by Crippen LogP contribution is 2.33. The number of piperidine rings is 1. The van der Waals surface area contributed by atoms with Crippen LogP contribution in [0.2, 0.25) is 0 Å². The van der Waals surface area contributed by atoms with Gasteiger partial charge in [0.1, 0.15) is 23.1 Å². The molecule has 0 atom stereocenters. The monoisotopic (exact) mass is 447 g/mol. The fourth-order valence-corrected chi connectivity index (χ4v) is 5.08. The molecular formula is C25H29N5O3. The van der Waals surface area contributed by atoms with Crippen LogP contribution in [-0.4, -0.2) is 58.9 Å². The van der Waals surface area contributed by atoms with Crippen LogP contribution in [0.3, 0.4) is 0 Å². The van der Waals surface area contributed by atoms with Gasteiger partial charge in [0.05, 0.1) is 12.6 Å². The van der Waals surface area contributed by atoms with Gasteiger partial charge in [0.25, 0.3) is 5.91 Å². The van der Waals surface area contributed by atoms with Crippen LogP contribution in [0.25, 0.3) is 10.9 Å². The van der Waals surface area contributed by atoms with Crippen LogP contribution in [0.5, 0.6) is 5.75 Å². The molecule has 0 spiro atoms. The molecule has 2 aliphatic heterocycles. The topological polar surface area (TPSA) is 91.4 Å². The summed E-state index contributed by atoms with van der Waals surface area (Å²) in [6.45, 7) is 5.26. The molecule has 2 aliphatic rings. The molecule has 0 saturated carbocycles. The Morgan fingerprint density at radius 3 is 2.64 bits per heavy atom. The van der Waals surface area contributed by atoms with Crippen LogP contribution in [0.4, 0.5) is 5.82 Å². The number of methoxy groups -OCH3 is 1. The fraction of sp³-hybridized carbons (Fsp3) is 0.440. The van der Waals surface area contributed by atoms with Crippen molar-refractivity contribution < 1.29 is 14.3 Å². The van der Waals surface area contributed by atoms with E-state index in [1.165, 1.54) is 0 Å². The van der Waals surface area contributed by atoms with Gasteiger partial charge in [-0.2, -0.15) is 0 Å². The number of para-hydroxylation sites is 1. The van der Waals surface area contributed by atoms with Crippen molar-refractivity contribution in [2.75, 3.05) is 32.1 Å². The van der Waals surface area contributed by atoms with E-state index in [-0.39, 0.29) is 17.7 Å². The summed E-state index contributed by atoms with van der Waals surface area (Å²) in [5, 5.41) is 1.00. The molecule has 1 N–H and O–H groups in total. The van der Waals surface area contributed by atoms with Gasteiger partial charge in [0.2, 0.25) is 5.91 Å². The van der Waals surface area contributed by atoms with Crippen molar-refractivity contribution in [3.63, 3.8) is 0 Å². The van der Waals surface area contributed by atoms with E-state index in [1.54, 1.807) is 19.1 Å². The molecule has 0 unspecified atom stereocenters. The molecule has 1 saturated heterocycles. The summed E-state index contributed by atoms with van der Waals surface area (Å²) in [5.41, 5.74) is 4.44. The maximum Gasteiger partial charge on any atom is 0.270 e. The first-order chi connectivity index (χ1) is 15.9. The highest BCUT2D eigenvalue weighted by atomic mass is 16.5. The number of anilines is 1. The van der Waals surface area contributed by atoms with Gasteiger partial charge in [-0.15, -0.1) is 0 Å². The van der Waals surface area contributed by atoms with Crippen molar-refractivity contribution in [3.8, 4) is 5.75 Å². The molecule has 8 nitrogen and oxygen atoms in total. The molecule has 1 fully saturated rings. The number of rotatable bonds is 3.